The minimum atomic E-state index is -0.490. The van der Waals surface area contributed by atoms with Gasteiger partial charge in [-0.25, -0.2) is 4.98 Å². The topological polar surface area (TPSA) is 101 Å². The summed E-state index contributed by atoms with van der Waals surface area (Å²) in [5.74, 6) is -0.563. The standard InChI is InChI=1S/C14H28N2O2.C5H8N2/c1-2-3-4-5-6-7-8-9-10-11-14(18)16-12-13(15)17;1-2-5-3-6-4-7-5/h2-12H2,1H3,(H2,15,17)(H,16,18);3-4H,2H2,1H3,(H,6,7). The number of aromatic nitrogens is 2. The molecule has 1 aromatic rings. The van der Waals surface area contributed by atoms with E-state index in [1.807, 2.05) is 6.20 Å². The summed E-state index contributed by atoms with van der Waals surface area (Å²) in [6, 6.07) is 0. The number of primary amides is 1. The van der Waals surface area contributed by atoms with Gasteiger partial charge in [-0.15, -0.1) is 0 Å². The number of amides is 2. The van der Waals surface area contributed by atoms with Gasteiger partial charge in [-0.05, 0) is 12.8 Å². The van der Waals surface area contributed by atoms with Gasteiger partial charge in [0.1, 0.15) is 0 Å². The minimum Gasteiger partial charge on any atom is -0.368 e. The van der Waals surface area contributed by atoms with Crippen LogP contribution in [0.15, 0.2) is 12.5 Å². The van der Waals surface area contributed by atoms with Gasteiger partial charge in [0.25, 0.3) is 0 Å². The lowest BCUT2D eigenvalue weighted by atomic mass is 10.1. The smallest absolute Gasteiger partial charge is 0.236 e. The fraction of sp³-hybridized carbons (Fsp3) is 0.737. The highest BCUT2D eigenvalue weighted by molar-refractivity contribution is 5.83. The van der Waals surface area contributed by atoms with E-state index in [-0.39, 0.29) is 12.5 Å². The molecule has 0 aromatic carbocycles. The molecule has 2 amide bonds. The van der Waals surface area contributed by atoms with Crippen molar-refractivity contribution in [2.75, 3.05) is 6.54 Å². The summed E-state index contributed by atoms with van der Waals surface area (Å²) >= 11 is 0. The molecule has 0 spiro atoms. The molecule has 0 atom stereocenters. The first-order valence-electron chi connectivity index (χ1n) is 9.62. The average molecular weight is 353 g/mol. The molecule has 0 aliphatic rings. The van der Waals surface area contributed by atoms with Gasteiger partial charge in [0.05, 0.1) is 12.9 Å². The predicted octanol–water partition coefficient (Wildman–Crippen LogP) is 3.48. The molecule has 6 heteroatoms. The summed E-state index contributed by atoms with van der Waals surface area (Å²) in [7, 11) is 0. The van der Waals surface area contributed by atoms with Crippen LogP contribution < -0.4 is 11.1 Å². The Balaban J connectivity index is 0.000000676. The highest BCUT2D eigenvalue weighted by Crippen LogP contribution is 2.10. The highest BCUT2D eigenvalue weighted by Gasteiger charge is 2.02. The molecule has 4 N–H and O–H groups in total. The SMILES string of the molecule is CCCCCCCCCCCC(=O)NCC(N)=O.CCc1cnc[nH]1. The summed E-state index contributed by atoms with van der Waals surface area (Å²) in [6.07, 6.45) is 16.2. The fourth-order valence-corrected chi connectivity index (χ4v) is 2.35. The Morgan fingerprint density at radius 3 is 2.08 bits per heavy atom. The first-order chi connectivity index (χ1) is 12.1. The zero-order valence-electron chi connectivity index (χ0n) is 16.0. The van der Waals surface area contributed by atoms with Crippen molar-refractivity contribution in [3.8, 4) is 0 Å². The number of nitrogens with two attached hydrogens (primary N) is 1. The molecule has 0 radical (unpaired) electrons. The van der Waals surface area contributed by atoms with Crippen LogP contribution in [0.5, 0.6) is 0 Å². The molecule has 0 aliphatic heterocycles. The number of aryl methyl sites for hydroxylation is 1. The zero-order chi connectivity index (χ0) is 18.8. The molecular weight excluding hydrogens is 316 g/mol. The maximum atomic E-state index is 11.2. The van der Waals surface area contributed by atoms with Crippen LogP contribution in [0.4, 0.5) is 0 Å². The molecule has 0 saturated carbocycles. The predicted molar refractivity (Wildman–Crippen MR) is 102 cm³/mol. The quantitative estimate of drug-likeness (QED) is 0.474. The van der Waals surface area contributed by atoms with Gasteiger partial charge in [-0.2, -0.15) is 0 Å². The van der Waals surface area contributed by atoms with Crippen LogP contribution in [0.2, 0.25) is 0 Å². The molecule has 1 heterocycles. The number of hydrogen-bond acceptors (Lipinski definition) is 3. The normalized spacial score (nSPS) is 10.0. The molecule has 1 aromatic heterocycles. The first kappa shape index (κ1) is 23.1. The zero-order valence-corrected chi connectivity index (χ0v) is 16.0. The second-order valence-electron chi connectivity index (χ2n) is 6.25. The van der Waals surface area contributed by atoms with Crippen molar-refractivity contribution in [3.05, 3.63) is 18.2 Å². The van der Waals surface area contributed by atoms with Gasteiger partial charge in [0.2, 0.25) is 11.8 Å². The third-order valence-electron chi connectivity index (χ3n) is 3.90. The Kier molecular flexibility index (Phi) is 15.7. The van der Waals surface area contributed by atoms with Gasteiger partial charge in [0.15, 0.2) is 0 Å². The van der Waals surface area contributed by atoms with E-state index in [0.29, 0.717) is 6.42 Å². The van der Waals surface area contributed by atoms with Crippen LogP contribution in [-0.4, -0.2) is 28.3 Å². The van der Waals surface area contributed by atoms with Gasteiger partial charge < -0.3 is 16.0 Å². The molecule has 144 valence electrons. The van der Waals surface area contributed by atoms with Crippen molar-refractivity contribution >= 4 is 11.8 Å². The Hall–Kier alpha value is -1.85. The van der Waals surface area contributed by atoms with Gasteiger partial charge in [0, 0.05) is 18.3 Å². The van der Waals surface area contributed by atoms with E-state index in [2.05, 4.69) is 29.1 Å². The van der Waals surface area contributed by atoms with Gasteiger partial charge >= 0.3 is 0 Å². The first-order valence-corrected chi connectivity index (χ1v) is 9.62. The second kappa shape index (κ2) is 17.0. The van der Waals surface area contributed by atoms with Crippen molar-refractivity contribution in [1.82, 2.24) is 15.3 Å². The maximum Gasteiger partial charge on any atom is 0.236 e. The number of nitrogens with zero attached hydrogens (tertiary/aromatic N) is 1. The van der Waals surface area contributed by atoms with E-state index in [9.17, 15) is 9.59 Å². The van der Waals surface area contributed by atoms with Gasteiger partial charge in [-0.1, -0.05) is 65.2 Å². The lowest BCUT2D eigenvalue weighted by Crippen LogP contribution is -2.33. The van der Waals surface area contributed by atoms with Crippen molar-refractivity contribution in [1.29, 1.82) is 0 Å². The monoisotopic (exact) mass is 352 g/mol. The van der Waals surface area contributed by atoms with Crippen LogP contribution in [0, 0.1) is 0 Å². The number of aromatic amines is 1. The number of unbranched alkanes of at least 4 members (excludes halogenated alkanes) is 8. The molecule has 0 fully saturated rings. The van der Waals surface area contributed by atoms with E-state index in [4.69, 9.17) is 5.73 Å². The fourth-order valence-electron chi connectivity index (χ4n) is 2.35. The van der Waals surface area contributed by atoms with E-state index in [0.717, 1.165) is 19.3 Å². The number of H-pyrrole nitrogens is 1. The third kappa shape index (κ3) is 16.8. The van der Waals surface area contributed by atoms with Crippen LogP contribution in [0.25, 0.3) is 0 Å². The lowest BCUT2D eigenvalue weighted by molar-refractivity contribution is -0.124. The number of imidazole rings is 1. The molecule has 0 saturated heterocycles. The Labute approximate surface area is 152 Å². The average Bonchev–Trinajstić information content (AvgIpc) is 3.13. The molecular formula is C19H36N4O2. The summed E-state index contributed by atoms with van der Waals surface area (Å²) in [5.41, 5.74) is 6.13. The third-order valence-corrected chi connectivity index (χ3v) is 3.90. The van der Waals surface area contributed by atoms with Crippen molar-refractivity contribution in [3.63, 3.8) is 0 Å². The number of carbonyl (C=O) groups is 2. The van der Waals surface area contributed by atoms with Crippen LogP contribution in [0.3, 0.4) is 0 Å². The molecule has 25 heavy (non-hydrogen) atoms. The number of carbonyl (C=O) groups excluding carboxylic acids is 2. The van der Waals surface area contributed by atoms with E-state index in [1.165, 1.54) is 50.6 Å². The van der Waals surface area contributed by atoms with Crippen LogP contribution in [0.1, 0.15) is 83.7 Å². The maximum absolute atomic E-state index is 11.2. The van der Waals surface area contributed by atoms with Crippen LogP contribution >= 0.6 is 0 Å². The number of hydrogen-bond donors (Lipinski definition) is 3. The summed E-state index contributed by atoms with van der Waals surface area (Å²) < 4.78 is 0. The van der Waals surface area contributed by atoms with E-state index >= 15 is 0 Å². The summed E-state index contributed by atoms with van der Waals surface area (Å²) in [4.78, 5) is 28.5. The van der Waals surface area contributed by atoms with E-state index < -0.39 is 5.91 Å². The largest absolute Gasteiger partial charge is 0.368 e. The Morgan fingerprint density at radius 2 is 1.64 bits per heavy atom. The van der Waals surface area contributed by atoms with Crippen molar-refractivity contribution in [2.24, 2.45) is 5.73 Å². The number of nitrogens with one attached hydrogen (secondary N) is 2. The Bertz CT molecular complexity index is 433. The second-order valence-corrected chi connectivity index (χ2v) is 6.25. The lowest BCUT2D eigenvalue weighted by Gasteiger charge is -2.03. The highest BCUT2D eigenvalue weighted by atomic mass is 16.2. The minimum absolute atomic E-state index is 0.0454. The summed E-state index contributed by atoms with van der Waals surface area (Å²) in [5, 5.41) is 2.49. The van der Waals surface area contributed by atoms with Gasteiger partial charge in [-0.3, -0.25) is 9.59 Å². The van der Waals surface area contributed by atoms with Crippen molar-refractivity contribution in [2.45, 2.75) is 84.5 Å². The molecule has 6 nitrogen and oxygen atoms in total. The molecule has 0 aliphatic carbocycles. The molecule has 1 rings (SSSR count). The Morgan fingerprint density at radius 1 is 1.04 bits per heavy atom. The van der Waals surface area contributed by atoms with Crippen molar-refractivity contribution < 1.29 is 9.59 Å². The van der Waals surface area contributed by atoms with Crippen LogP contribution in [-0.2, 0) is 16.0 Å². The number of rotatable bonds is 13. The van der Waals surface area contributed by atoms with E-state index in [1.54, 1.807) is 6.33 Å². The molecule has 0 unspecified atom stereocenters. The summed E-state index contributed by atoms with van der Waals surface area (Å²) in [6.45, 7) is 4.27. The molecule has 0 bridgehead atoms.